The Bertz CT molecular complexity index is 770. The van der Waals surface area contributed by atoms with Crippen molar-refractivity contribution in [2.24, 2.45) is 17.8 Å². The number of nitrogens with one attached hydrogen (secondary N) is 1. The molecule has 0 amide bonds. The first kappa shape index (κ1) is 14.9. The van der Waals surface area contributed by atoms with Crippen LogP contribution >= 0.6 is 0 Å². The largest absolute Gasteiger partial charge is 0.396 e. The van der Waals surface area contributed by atoms with E-state index in [1.54, 1.807) is 0 Å². The number of aromatic nitrogens is 1. The molecule has 2 aromatic rings. The summed E-state index contributed by atoms with van der Waals surface area (Å²) in [5.74, 6) is 1.36. The number of aliphatic hydroxyl groups is 1. The highest BCUT2D eigenvalue weighted by Crippen LogP contribution is 2.51. The molecule has 24 heavy (non-hydrogen) atoms. The van der Waals surface area contributed by atoms with Crippen molar-refractivity contribution in [2.45, 2.75) is 38.0 Å². The van der Waals surface area contributed by atoms with Gasteiger partial charge in [0.25, 0.3) is 0 Å². The van der Waals surface area contributed by atoms with Gasteiger partial charge in [-0.1, -0.05) is 18.2 Å². The lowest BCUT2D eigenvalue weighted by Gasteiger charge is -2.55. The Labute approximate surface area is 142 Å². The SMILES string of the molecule is C[C@@H]1OC[C@@H]2[C@@H](C[C@H]3c4[nH]c5ccccc5c4C[C@@H]2N3C)[C@@H]1CO. The molecule has 0 saturated carbocycles. The first-order chi connectivity index (χ1) is 11.7. The van der Waals surface area contributed by atoms with Crippen LogP contribution in [0.25, 0.3) is 10.9 Å². The zero-order chi connectivity index (χ0) is 16.4. The molecule has 0 aliphatic carbocycles. The third kappa shape index (κ3) is 1.91. The maximum Gasteiger partial charge on any atom is 0.0600 e. The summed E-state index contributed by atoms with van der Waals surface area (Å²) in [7, 11) is 2.27. The third-order valence-corrected chi connectivity index (χ3v) is 7.06. The Morgan fingerprint density at radius 3 is 2.96 bits per heavy atom. The lowest BCUT2D eigenvalue weighted by Crippen LogP contribution is -2.59. The summed E-state index contributed by atoms with van der Waals surface area (Å²) < 4.78 is 6.05. The third-order valence-electron chi connectivity index (χ3n) is 7.06. The fourth-order valence-corrected chi connectivity index (χ4v) is 5.71. The monoisotopic (exact) mass is 326 g/mol. The zero-order valence-corrected chi connectivity index (χ0v) is 14.4. The van der Waals surface area contributed by atoms with Gasteiger partial charge >= 0.3 is 0 Å². The molecule has 1 aromatic carbocycles. The second-order valence-electron chi connectivity index (χ2n) is 7.96. The minimum atomic E-state index is 0.169. The summed E-state index contributed by atoms with van der Waals surface area (Å²) in [6, 6.07) is 9.64. The number of fused-ring (bicyclic) bond motifs is 8. The maximum atomic E-state index is 9.94. The minimum Gasteiger partial charge on any atom is -0.396 e. The highest BCUT2D eigenvalue weighted by Gasteiger charge is 2.51. The summed E-state index contributed by atoms with van der Waals surface area (Å²) in [5.41, 5.74) is 4.18. The standard InChI is InChI=1S/C20H26N2O2/c1-11-15(9-23)13-7-19-20-14(12-5-3-4-6-17(12)21-20)8-18(22(19)2)16(13)10-24-11/h3-6,11,13,15-16,18-19,21,23H,7-10H2,1-2H3/t11-,13-,15+,16+,18-,19-/m0/s1. The van der Waals surface area contributed by atoms with E-state index >= 15 is 0 Å². The van der Waals surface area contributed by atoms with Crippen LogP contribution in [0, 0.1) is 17.8 Å². The first-order valence-electron chi connectivity index (χ1n) is 9.23. The molecule has 3 aliphatic heterocycles. The second-order valence-corrected chi connectivity index (χ2v) is 7.96. The van der Waals surface area contributed by atoms with Crippen LogP contribution < -0.4 is 0 Å². The van der Waals surface area contributed by atoms with E-state index in [-0.39, 0.29) is 18.6 Å². The predicted octanol–water partition coefficient (Wildman–Crippen LogP) is 2.73. The number of likely N-dealkylation sites (N-methyl/N-ethyl adjacent to an activating group) is 1. The summed E-state index contributed by atoms with van der Waals surface area (Å²) >= 11 is 0. The Balaban J connectivity index is 1.61. The van der Waals surface area contributed by atoms with E-state index < -0.39 is 0 Å². The van der Waals surface area contributed by atoms with Crippen LogP contribution in [0.5, 0.6) is 0 Å². The molecule has 0 unspecified atom stereocenters. The Morgan fingerprint density at radius 1 is 1.29 bits per heavy atom. The van der Waals surface area contributed by atoms with E-state index in [4.69, 9.17) is 4.74 Å². The molecule has 1 aromatic heterocycles. The van der Waals surface area contributed by atoms with E-state index in [1.807, 2.05) is 0 Å². The van der Waals surface area contributed by atoms with Gasteiger partial charge in [-0.2, -0.15) is 0 Å². The van der Waals surface area contributed by atoms with Gasteiger partial charge in [-0.3, -0.25) is 4.90 Å². The number of ether oxygens (including phenoxy) is 1. The summed E-state index contributed by atoms with van der Waals surface area (Å²) in [4.78, 5) is 6.27. The molecule has 4 heterocycles. The van der Waals surface area contributed by atoms with Crippen molar-refractivity contribution in [2.75, 3.05) is 20.3 Å². The molecule has 2 saturated heterocycles. The molecule has 3 aliphatic rings. The number of nitrogens with zero attached hydrogens (tertiary/aromatic N) is 1. The molecular formula is C20H26N2O2. The minimum absolute atomic E-state index is 0.169. The zero-order valence-electron chi connectivity index (χ0n) is 14.4. The molecule has 4 heteroatoms. The molecule has 0 spiro atoms. The van der Waals surface area contributed by atoms with E-state index in [9.17, 15) is 5.11 Å². The van der Waals surface area contributed by atoms with Crippen molar-refractivity contribution < 1.29 is 9.84 Å². The number of rotatable bonds is 1. The van der Waals surface area contributed by atoms with Crippen molar-refractivity contribution in [3.05, 3.63) is 35.5 Å². The molecule has 4 nitrogen and oxygen atoms in total. The second kappa shape index (κ2) is 5.32. The van der Waals surface area contributed by atoms with Gasteiger partial charge in [0.2, 0.25) is 0 Å². The van der Waals surface area contributed by atoms with E-state index in [0.717, 1.165) is 19.4 Å². The Morgan fingerprint density at radius 2 is 2.12 bits per heavy atom. The van der Waals surface area contributed by atoms with Crippen LogP contribution in [-0.2, 0) is 11.2 Å². The number of para-hydroxylation sites is 1. The van der Waals surface area contributed by atoms with Gasteiger partial charge < -0.3 is 14.8 Å². The van der Waals surface area contributed by atoms with E-state index in [2.05, 4.69) is 48.1 Å². The highest BCUT2D eigenvalue weighted by atomic mass is 16.5. The Hall–Kier alpha value is -1.36. The van der Waals surface area contributed by atoms with Crippen LogP contribution in [0.2, 0.25) is 0 Å². The van der Waals surface area contributed by atoms with Gasteiger partial charge in [0, 0.05) is 41.1 Å². The van der Waals surface area contributed by atoms with Crippen molar-refractivity contribution in [3.63, 3.8) is 0 Å². The van der Waals surface area contributed by atoms with Crippen molar-refractivity contribution in [3.8, 4) is 0 Å². The smallest absolute Gasteiger partial charge is 0.0600 e. The lowest BCUT2D eigenvalue weighted by atomic mass is 9.64. The lowest BCUT2D eigenvalue weighted by molar-refractivity contribution is -0.149. The van der Waals surface area contributed by atoms with Gasteiger partial charge in [0.15, 0.2) is 0 Å². The molecule has 5 rings (SSSR count). The fraction of sp³-hybridized carbons (Fsp3) is 0.600. The highest BCUT2D eigenvalue weighted by molar-refractivity contribution is 5.85. The summed E-state index contributed by atoms with van der Waals surface area (Å²) in [6.07, 6.45) is 2.38. The molecule has 2 N–H and O–H groups in total. The maximum absolute atomic E-state index is 9.94. The summed E-state index contributed by atoms with van der Waals surface area (Å²) in [6.45, 7) is 3.20. The van der Waals surface area contributed by atoms with E-state index in [1.165, 1.54) is 22.2 Å². The van der Waals surface area contributed by atoms with Crippen LogP contribution in [0.3, 0.4) is 0 Å². The number of hydrogen-bond donors (Lipinski definition) is 2. The number of hydrogen-bond acceptors (Lipinski definition) is 3. The number of piperidine rings is 1. The van der Waals surface area contributed by atoms with Crippen LogP contribution in [-0.4, -0.2) is 47.4 Å². The van der Waals surface area contributed by atoms with Crippen LogP contribution in [0.1, 0.15) is 30.6 Å². The number of H-pyrrole nitrogens is 1. The van der Waals surface area contributed by atoms with Crippen molar-refractivity contribution in [1.82, 2.24) is 9.88 Å². The Kier molecular flexibility index (Phi) is 3.31. The van der Waals surface area contributed by atoms with Gasteiger partial charge in [0.05, 0.1) is 18.8 Å². The van der Waals surface area contributed by atoms with Crippen molar-refractivity contribution in [1.29, 1.82) is 0 Å². The molecule has 2 bridgehead atoms. The van der Waals surface area contributed by atoms with Crippen molar-refractivity contribution >= 4 is 10.9 Å². The molecule has 0 radical (unpaired) electrons. The average Bonchev–Trinajstić information content (AvgIpc) is 2.94. The number of benzene rings is 1. The topological polar surface area (TPSA) is 48.5 Å². The quantitative estimate of drug-likeness (QED) is 0.847. The normalized spacial score (nSPS) is 38.8. The molecular weight excluding hydrogens is 300 g/mol. The number of aliphatic hydroxyl groups excluding tert-OH is 1. The fourth-order valence-electron chi connectivity index (χ4n) is 5.71. The molecule has 2 fully saturated rings. The number of aromatic amines is 1. The van der Waals surface area contributed by atoms with Crippen LogP contribution in [0.15, 0.2) is 24.3 Å². The van der Waals surface area contributed by atoms with Gasteiger partial charge in [-0.05, 0) is 44.4 Å². The molecule has 128 valence electrons. The van der Waals surface area contributed by atoms with Crippen LogP contribution in [0.4, 0.5) is 0 Å². The predicted molar refractivity (Wildman–Crippen MR) is 93.9 cm³/mol. The average molecular weight is 326 g/mol. The van der Waals surface area contributed by atoms with E-state index in [0.29, 0.717) is 23.9 Å². The first-order valence-corrected chi connectivity index (χ1v) is 9.23. The van der Waals surface area contributed by atoms with Gasteiger partial charge in [-0.25, -0.2) is 0 Å². The van der Waals surface area contributed by atoms with Gasteiger partial charge in [-0.15, -0.1) is 0 Å². The van der Waals surface area contributed by atoms with Gasteiger partial charge in [0.1, 0.15) is 0 Å². The molecule has 6 atom stereocenters. The summed E-state index contributed by atoms with van der Waals surface area (Å²) in [5, 5.41) is 11.3.